The highest BCUT2D eigenvalue weighted by molar-refractivity contribution is 7.71. The van der Waals surface area contributed by atoms with Crippen LogP contribution in [0.4, 0.5) is 0 Å². The minimum absolute atomic E-state index is 0.643. The number of aromatic amines is 1. The second-order valence-corrected chi connectivity index (χ2v) is 5.43. The van der Waals surface area contributed by atoms with E-state index in [1.54, 1.807) is 23.8 Å². The maximum absolute atomic E-state index is 5.34. The zero-order chi connectivity index (χ0) is 13.2. The summed E-state index contributed by atoms with van der Waals surface area (Å²) in [6.45, 7) is 2.96. The van der Waals surface area contributed by atoms with E-state index in [9.17, 15) is 0 Å². The van der Waals surface area contributed by atoms with Crippen LogP contribution < -0.4 is 0 Å². The standard InChI is InChI=1S/C12H12N4OS2/c1-2-5-16-10(14-15-12(16)18)9-7-13-11(19-9)8-4-3-6-17-8/h3-4,6-7H,2,5H2,1H3,(H,15,18). The van der Waals surface area contributed by atoms with E-state index in [2.05, 4.69) is 22.1 Å². The molecule has 0 saturated carbocycles. The van der Waals surface area contributed by atoms with E-state index in [4.69, 9.17) is 16.6 Å². The van der Waals surface area contributed by atoms with Crippen LogP contribution in [0.25, 0.3) is 21.5 Å². The molecule has 0 radical (unpaired) electrons. The Labute approximate surface area is 118 Å². The van der Waals surface area contributed by atoms with Crippen molar-refractivity contribution in [1.82, 2.24) is 19.7 Å². The molecule has 3 aromatic heterocycles. The van der Waals surface area contributed by atoms with Crippen molar-refractivity contribution in [3.05, 3.63) is 29.4 Å². The topological polar surface area (TPSA) is 59.6 Å². The number of H-pyrrole nitrogens is 1. The van der Waals surface area contributed by atoms with Crippen molar-refractivity contribution in [2.75, 3.05) is 0 Å². The number of furan rings is 1. The van der Waals surface area contributed by atoms with E-state index >= 15 is 0 Å². The van der Waals surface area contributed by atoms with E-state index < -0.39 is 0 Å². The van der Waals surface area contributed by atoms with Crippen LogP contribution in [0.3, 0.4) is 0 Å². The molecule has 98 valence electrons. The molecule has 0 atom stereocenters. The highest BCUT2D eigenvalue weighted by Gasteiger charge is 2.13. The van der Waals surface area contributed by atoms with Gasteiger partial charge in [0.05, 0.1) is 11.1 Å². The number of hydrogen-bond acceptors (Lipinski definition) is 5. The van der Waals surface area contributed by atoms with Gasteiger partial charge in [0.2, 0.25) is 0 Å². The van der Waals surface area contributed by atoms with Gasteiger partial charge in [-0.3, -0.25) is 9.67 Å². The van der Waals surface area contributed by atoms with Gasteiger partial charge in [0.1, 0.15) is 0 Å². The van der Waals surface area contributed by atoms with Crippen molar-refractivity contribution >= 4 is 23.6 Å². The van der Waals surface area contributed by atoms with E-state index in [1.807, 2.05) is 16.7 Å². The Morgan fingerprint density at radius 2 is 2.42 bits per heavy atom. The second-order valence-electron chi connectivity index (χ2n) is 4.01. The molecule has 3 heterocycles. The summed E-state index contributed by atoms with van der Waals surface area (Å²) < 4.78 is 7.98. The summed E-state index contributed by atoms with van der Waals surface area (Å²) in [7, 11) is 0. The van der Waals surface area contributed by atoms with E-state index in [0.29, 0.717) is 4.77 Å². The Morgan fingerprint density at radius 1 is 1.53 bits per heavy atom. The number of nitrogens with zero attached hydrogens (tertiary/aromatic N) is 3. The third kappa shape index (κ3) is 2.26. The minimum Gasteiger partial charge on any atom is -0.462 e. The molecular weight excluding hydrogens is 280 g/mol. The van der Waals surface area contributed by atoms with E-state index in [1.165, 1.54) is 0 Å². The number of rotatable bonds is 4. The number of nitrogens with one attached hydrogen (secondary N) is 1. The molecule has 5 nitrogen and oxygen atoms in total. The Morgan fingerprint density at radius 3 is 3.16 bits per heavy atom. The quantitative estimate of drug-likeness (QED) is 0.744. The molecule has 0 aromatic carbocycles. The first-order valence-corrected chi connectivity index (χ1v) is 7.17. The highest BCUT2D eigenvalue weighted by Crippen LogP contribution is 2.31. The van der Waals surface area contributed by atoms with Crippen LogP contribution in [0.1, 0.15) is 13.3 Å². The summed E-state index contributed by atoms with van der Waals surface area (Å²) in [5.74, 6) is 1.61. The smallest absolute Gasteiger partial charge is 0.195 e. The van der Waals surface area contributed by atoms with Crippen LogP contribution in [-0.2, 0) is 6.54 Å². The Kier molecular flexibility index (Phi) is 3.31. The average molecular weight is 292 g/mol. The maximum atomic E-state index is 5.34. The first kappa shape index (κ1) is 12.3. The number of hydrogen-bond donors (Lipinski definition) is 1. The molecule has 0 aliphatic heterocycles. The fourth-order valence-electron chi connectivity index (χ4n) is 1.83. The molecule has 1 N–H and O–H groups in total. The lowest BCUT2D eigenvalue weighted by Crippen LogP contribution is -1.98. The molecule has 0 fully saturated rings. The molecule has 3 aromatic rings. The van der Waals surface area contributed by atoms with Gasteiger partial charge in [-0.25, -0.2) is 4.98 Å². The molecule has 0 unspecified atom stereocenters. The van der Waals surface area contributed by atoms with E-state index in [-0.39, 0.29) is 0 Å². The van der Waals surface area contributed by atoms with Gasteiger partial charge in [-0.15, -0.1) is 11.3 Å². The molecule has 0 aliphatic rings. The summed E-state index contributed by atoms with van der Waals surface area (Å²) in [6.07, 6.45) is 4.45. The highest BCUT2D eigenvalue weighted by atomic mass is 32.1. The van der Waals surface area contributed by atoms with Gasteiger partial charge in [-0.05, 0) is 30.8 Å². The van der Waals surface area contributed by atoms with Crippen LogP contribution in [0, 0.1) is 4.77 Å². The van der Waals surface area contributed by atoms with Gasteiger partial charge in [0.25, 0.3) is 0 Å². The molecule has 0 bridgehead atoms. The maximum Gasteiger partial charge on any atom is 0.195 e. The van der Waals surface area contributed by atoms with Crippen molar-refractivity contribution < 1.29 is 4.42 Å². The summed E-state index contributed by atoms with van der Waals surface area (Å²) in [4.78, 5) is 5.35. The van der Waals surface area contributed by atoms with Crippen LogP contribution >= 0.6 is 23.6 Å². The van der Waals surface area contributed by atoms with E-state index in [0.717, 1.165) is 34.4 Å². The first-order valence-electron chi connectivity index (χ1n) is 5.95. The summed E-state index contributed by atoms with van der Waals surface area (Å²) in [5.41, 5.74) is 0. The monoisotopic (exact) mass is 292 g/mol. The third-order valence-electron chi connectivity index (χ3n) is 2.66. The van der Waals surface area contributed by atoms with Gasteiger partial charge >= 0.3 is 0 Å². The largest absolute Gasteiger partial charge is 0.462 e. The SMILES string of the molecule is CCCn1c(-c2cnc(-c3ccco3)s2)n[nH]c1=S. The van der Waals surface area contributed by atoms with Crippen molar-refractivity contribution in [1.29, 1.82) is 0 Å². The zero-order valence-corrected chi connectivity index (χ0v) is 11.9. The Balaban J connectivity index is 2.01. The molecular formula is C12H12N4OS2. The molecule has 0 aliphatic carbocycles. The molecule has 7 heteroatoms. The van der Waals surface area contributed by atoms with Gasteiger partial charge in [0, 0.05) is 12.7 Å². The Hall–Kier alpha value is -1.73. The lowest BCUT2D eigenvalue weighted by molar-refractivity contribution is 0.582. The van der Waals surface area contributed by atoms with Crippen molar-refractivity contribution in [2.24, 2.45) is 0 Å². The number of thiazole rings is 1. The normalized spacial score (nSPS) is 11.0. The molecule has 0 saturated heterocycles. The second kappa shape index (κ2) is 5.10. The molecule has 3 rings (SSSR count). The molecule has 0 spiro atoms. The van der Waals surface area contributed by atoms with Crippen molar-refractivity contribution in [2.45, 2.75) is 19.9 Å². The predicted molar refractivity (Wildman–Crippen MR) is 76.5 cm³/mol. The summed E-state index contributed by atoms with van der Waals surface area (Å²) >= 11 is 6.78. The van der Waals surface area contributed by atoms with Crippen LogP contribution in [0.15, 0.2) is 29.0 Å². The minimum atomic E-state index is 0.643. The van der Waals surface area contributed by atoms with Crippen LogP contribution in [0.5, 0.6) is 0 Å². The molecule has 19 heavy (non-hydrogen) atoms. The fraction of sp³-hybridized carbons (Fsp3) is 0.250. The van der Waals surface area contributed by atoms with Crippen molar-refractivity contribution in [3.63, 3.8) is 0 Å². The van der Waals surface area contributed by atoms with Crippen LogP contribution in [-0.4, -0.2) is 19.7 Å². The zero-order valence-electron chi connectivity index (χ0n) is 10.3. The van der Waals surface area contributed by atoms with Crippen molar-refractivity contribution in [3.8, 4) is 21.5 Å². The summed E-state index contributed by atoms with van der Waals surface area (Å²) in [6, 6.07) is 3.75. The first-order chi connectivity index (χ1) is 9.29. The lowest BCUT2D eigenvalue weighted by atomic mass is 10.4. The van der Waals surface area contributed by atoms with Crippen LogP contribution in [0.2, 0.25) is 0 Å². The predicted octanol–water partition coefficient (Wildman–Crippen LogP) is 3.73. The fourth-order valence-corrected chi connectivity index (χ4v) is 2.93. The number of aromatic nitrogens is 4. The molecule has 0 amide bonds. The third-order valence-corrected chi connectivity index (χ3v) is 3.98. The van der Waals surface area contributed by atoms with Gasteiger partial charge in [-0.1, -0.05) is 6.92 Å². The van der Waals surface area contributed by atoms with Gasteiger partial charge in [0.15, 0.2) is 21.4 Å². The van der Waals surface area contributed by atoms with Gasteiger partial charge < -0.3 is 4.42 Å². The van der Waals surface area contributed by atoms with Gasteiger partial charge in [-0.2, -0.15) is 5.10 Å². The Bertz CT molecular complexity index is 723. The summed E-state index contributed by atoms with van der Waals surface area (Å²) in [5, 5.41) is 7.97. The lowest BCUT2D eigenvalue weighted by Gasteiger charge is -2.01. The average Bonchev–Trinajstić information content (AvgIpc) is 3.10.